The predicted molar refractivity (Wildman–Crippen MR) is 96.3 cm³/mol. The second-order valence-corrected chi connectivity index (χ2v) is 8.07. The molecular formula is C21H27F5O3. The van der Waals surface area contributed by atoms with Gasteiger partial charge in [-0.05, 0) is 68.6 Å². The summed E-state index contributed by atoms with van der Waals surface area (Å²) in [7, 11) is 0. The molecule has 0 aromatic heterocycles. The number of halogens is 5. The Balaban J connectivity index is 1.46. The molecule has 0 radical (unpaired) electrons. The van der Waals surface area contributed by atoms with E-state index in [2.05, 4.69) is 11.7 Å². The van der Waals surface area contributed by atoms with Crippen molar-refractivity contribution in [1.29, 1.82) is 0 Å². The van der Waals surface area contributed by atoms with Crippen LogP contribution >= 0.6 is 0 Å². The molecule has 29 heavy (non-hydrogen) atoms. The number of aryl methyl sites for hydroxylation is 1. The molecule has 2 fully saturated rings. The monoisotopic (exact) mass is 422 g/mol. The maximum Gasteiger partial charge on any atom is 0.573 e. The highest BCUT2D eigenvalue weighted by molar-refractivity contribution is 5.31. The van der Waals surface area contributed by atoms with Crippen molar-refractivity contribution < 1.29 is 36.2 Å². The second kappa shape index (κ2) is 9.60. The van der Waals surface area contributed by atoms with Gasteiger partial charge in [-0.3, -0.25) is 0 Å². The van der Waals surface area contributed by atoms with Crippen LogP contribution in [0.4, 0.5) is 22.0 Å². The lowest BCUT2D eigenvalue weighted by atomic mass is 9.79. The average Bonchev–Trinajstić information content (AvgIpc) is 2.69. The number of hydrogen-bond donors (Lipinski definition) is 0. The predicted octanol–water partition coefficient (Wildman–Crippen LogP) is 6.00. The highest BCUT2D eigenvalue weighted by Gasteiger charge is 2.34. The summed E-state index contributed by atoms with van der Waals surface area (Å²) in [4.78, 5) is 0. The zero-order valence-corrected chi connectivity index (χ0v) is 16.4. The van der Waals surface area contributed by atoms with E-state index in [1.807, 2.05) is 0 Å². The number of hydrogen-bond acceptors (Lipinski definition) is 3. The Labute approximate surface area is 167 Å². The highest BCUT2D eigenvalue weighted by atomic mass is 19.4. The first-order chi connectivity index (χ1) is 13.7. The summed E-state index contributed by atoms with van der Waals surface area (Å²) >= 11 is 0. The van der Waals surface area contributed by atoms with Gasteiger partial charge in [-0.2, -0.15) is 0 Å². The molecule has 0 atom stereocenters. The van der Waals surface area contributed by atoms with Gasteiger partial charge in [0.15, 0.2) is 17.9 Å². The van der Waals surface area contributed by atoms with E-state index >= 15 is 0 Å². The first-order valence-corrected chi connectivity index (χ1v) is 10.2. The van der Waals surface area contributed by atoms with Crippen molar-refractivity contribution >= 4 is 0 Å². The summed E-state index contributed by atoms with van der Waals surface area (Å²) < 4.78 is 79.5. The molecule has 1 saturated carbocycles. The summed E-state index contributed by atoms with van der Waals surface area (Å²) in [5.74, 6) is -2.82. The molecule has 0 unspecified atom stereocenters. The van der Waals surface area contributed by atoms with Crippen LogP contribution in [0.15, 0.2) is 12.1 Å². The van der Waals surface area contributed by atoms with Crippen LogP contribution in [0, 0.1) is 29.4 Å². The van der Waals surface area contributed by atoms with Crippen molar-refractivity contribution in [2.45, 2.75) is 64.5 Å². The van der Waals surface area contributed by atoms with Crippen LogP contribution in [-0.4, -0.2) is 25.9 Å². The molecule has 164 valence electrons. The lowest BCUT2D eigenvalue weighted by Crippen LogP contribution is -2.38. The van der Waals surface area contributed by atoms with Crippen molar-refractivity contribution in [1.82, 2.24) is 0 Å². The van der Waals surface area contributed by atoms with Gasteiger partial charge in [0, 0.05) is 11.8 Å². The summed E-state index contributed by atoms with van der Waals surface area (Å²) in [6.07, 6.45) is 0.828. The summed E-state index contributed by atoms with van der Waals surface area (Å²) in [6.45, 7) is 3.61. The zero-order valence-electron chi connectivity index (χ0n) is 16.4. The van der Waals surface area contributed by atoms with Gasteiger partial charge in [0.2, 0.25) is 5.75 Å². The third-order valence-corrected chi connectivity index (χ3v) is 5.96. The van der Waals surface area contributed by atoms with Crippen molar-refractivity contribution in [3.8, 4) is 5.75 Å². The Morgan fingerprint density at radius 2 is 1.55 bits per heavy atom. The standard InChI is InChI=1S/C21H27F5O3/c1-2-13-11-27-20(28-12-13)16-7-5-14(6-8-16)3-4-15-9-17(22)19(18(23)10-15)29-21(24,25)26/h9-10,13-14,16,20H,2-8,11-12H2,1H3. The minimum atomic E-state index is -5.13. The molecular weight excluding hydrogens is 395 g/mol. The zero-order chi connectivity index (χ0) is 21.0. The number of rotatable bonds is 6. The van der Waals surface area contributed by atoms with Gasteiger partial charge >= 0.3 is 6.36 Å². The molecule has 0 amide bonds. The SMILES string of the molecule is CCC1COC(C2CCC(CCc3cc(F)c(OC(F)(F)F)c(F)c3)CC2)OC1. The van der Waals surface area contributed by atoms with Crippen LogP contribution in [0.5, 0.6) is 5.75 Å². The van der Waals surface area contributed by atoms with Gasteiger partial charge < -0.3 is 14.2 Å². The first kappa shape index (κ1) is 22.3. The molecule has 3 nitrogen and oxygen atoms in total. The van der Waals surface area contributed by atoms with E-state index in [1.165, 1.54) is 0 Å². The number of alkyl halides is 3. The van der Waals surface area contributed by atoms with Crippen molar-refractivity contribution in [3.63, 3.8) is 0 Å². The van der Waals surface area contributed by atoms with Gasteiger partial charge in [0.25, 0.3) is 0 Å². The van der Waals surface area contributed by atoms with Crippen LogP contribution < -0.4 is 4.74 Å². The Morgan fingerprint density at radius 3 is 2.07 bits per heavy atom. The number of benzene rings is 1. The molecule has 8 heteroatoms. The molecule has 1 saturated heterocycles. The fourth-order valence-electron chi connectivity index (χ4n) is 4.16. The van der Waals surface area contributed by atoms with E-state index in [9.17, 15) is 22.0 Å². The fraction of sp³-hybridized carbons (Fsp3) is 0.714. The van der Waals surface area contributed by atoms with Crippen molar-refractivity contribution in [3.05, 3.63) is 29.3 Å². The van der Waals surface area contributed by atoms with Crippen LogP contribution in [0.3, 0.4) is 0 Å². The third-order valence-electron chi connectivity index (χ3n) is 5.96. The van der Waals surface area contributed by atoms with Crippen molar-refractivity contribution in [2.75, 3.05) is 13.2 Å². The lowest BCUT2D eigenvalue weighted by molar-refractivity contribution is -0.276. The molecule has 1 heterocycles. The quantitative estimate of drug-likeness (QED) is 0.526. The Morgan fingerprint density at radius 1 is 0.966 bits per heavy atom. The van der Waals surface area contributed by atoms with E-state index in [4.69, 9.17) is 9.47 Å². The molecule has 1 aliphatic heterocycles. The van der Waals surface area contributed by atoms with Crippen molar-refractivity contribution in [2.24, 2.45) is 17.8 Å². The molecule has 3 rings (SSSR count). The summed E-state index contributed by atoms with van der Waals surface area (Å²) in [5, 5.41) is 0. The van der Waals surface area contributed by atoms with E-state index in [0.717, 1.165) is 63.9 Å². The first-order valence-electron chi connectivity index (χ1n) is 10.2. The van der Waals surface area contributed by atoms with Crippen LogP contribution in [0.1, 0.15) is 51.0 Å². The van der Waals surface area contributed by atoms with Crippen LogP contribution in [0.25, 0.3) is 0 Å². The minimum absolute atomic E-state index is 0.136. The minimum Gasteiger partial charge on any atom is -0.399 e. The summed E-state index contributed by atoms with van der Waals surface area (Å²) in [5.41, 5.74) is 0.334. The van der Waals surface area contributed by atoms with Crippen LogP contribution in [0.2, 0.25) is 0 Å². The fourth-order valence-corrected chi connectivity index (χ4v) is 4.16. The number of ether oxygens (including phenoxy) is 3. The molecule has 1 aromatic rings. The van der Waals surface area contributed by atoms with E-state index in [-0.39, 0.29) is 6.29 Å². The van der Waals surface area contributed by atoms with Gasteiger partial charge in [-0.1, -0.05) is 6.92 Å². The lowest BCUT2D eigenvalue weighted by Gasteiger charge is -2.37. The largest absolute Gasteiger partial charge is 0.573 e. The molecule has 0 N–H and O–H groups in total. The van der Waals surface area contributed by atoms with E-state index in [1.54, 1.807) is 0 Å². The average molecular weight is 422 g/mol. The molecule has 0 spiro atoms. The summed E-state index contributed by atoms with van der Waals surface area (Å²) in [6, 6.07) is 1.84. The maximum absolute atomic E-state index is 13.8. The molecule has 0 bridgehead atoms. The van der Waals surface area contributed by atoms with Gasteiger partial charge in [0.1, 0.15) is 0 Å². The van der Waals surface area contributed by atoms with Gasteiger partial charge in [-0.25, -0.2) is 8.78 Å². The Bertz CT molecular complexity index is 640. The third kappa shape index (κ3) is 6.28. The van der Waals surface area contributed by atoms with Crippen LogP contribution in [-0.2, 0) is 15.9 Å². The maximum atomic E-state index is 13.8. The molecule has 1 aliphatic carbocycles. The topological polar surface area (TPSA) is 27.7 Å². The Hall–Kier alpha value is -1.41. The second-order valence-electron chi connectivity index (χ2n) is 8.07. The molecule has 1 aromatic carbocycles. The Kier molecular flexibility index (Phi) is 7.37. The highest BCUT2D eigenvalue weighted by Crippen LogP contribution is 2.36. The normalized spacial score (nSPS) is 28.3. The smallest absolute Gasteiger partial charge is 0.399 e. The molecule has 2 aliphatic rings. The van der Waals surface area contributed by atoms with E-state index < -0.39 is 23.7 Å². The van der Waals surface area contributed by atoms with E-state index in [0.29, 0.717) is 29.7 Å². The van der Waals surface area contributed by atoms with Gasteiger partial charge in [-0.15, -0.1) is 13.2 Å². The van der Waals surface area contributed by atoms with Gasteiger partial charge in [0.05, 0.1) is 13.2 Å².